The Morgan fingerprint density at radius 1 is 1.04 bits per heavy atom. The lowest BCUT2D eigenvalue weighted by Crippen LogP contribution is -2.17. The molecule has 2 aromatic heterocycles. The molecule has 6 nitrogen and oxygen atoms in total. The molecule has 0 aliphatic rings. The Balaban J connectivity index is 1.59. The van der Waals surface area contributed by atoms with Crippen molar-refractivity contribution in [3.05, 3.63) is 94.5 Å². The molecule has 4 aromatic rings. The number of benzene rings is 2. The van der Waals surface area contributed by atoms with Crippen LogP contribution < -0.4 is 4.80 Å². The van der Waals surface area contributed by atoms with Crippen LogP contribution in [-0.4, -0.2) is 25.5 Å². The Kier molecular flexibility index (Phi) is 4.53. The van der Waals surface area contributed by atoms with Gasteiger partial charge in [-0.15, -0.1) is 16.4 Å². The van der Waals surface area contributed by atoms with E-state index in [1.54, 1.807) is 0 Å². The number of hydrogen-bond donors (Lipinski definition) is 0. The van der Waals surface area contributed by atoms with Crippen molar-refractivity contribution in [1.82, 2.24) is 19.6 Å². The van der Waals surface area contributed by atoms with Crippen molar-refractivity contribution < 1.29 is 4.79 Å². The normalized spacial score (nSPS) is 11.6. The van der Waals surface area contributed by atoms with Gasteiger partial charge in [0.2, 0.25) is 0 Å². The summed E-state index contributed by atoms with van der Waals surface area (Å²) in [6.07, 6.45) is 3.36. The Labute approximate surface area is 153 Å². The molecule has 128 valence electrons. The summed E-state index contributed by atoms with van der Waals surface area (Å²) in [5, 5.41) is 10.3. The summed E-state index contributed by atoms with van der Waals surface area (Å²) in [7, 11) is 0. The minimum Gasteiger partial charge on any atom is -0.319 e. The van der Waals surface area contributed by atoms with Crippen molar-refractivity contribution in [3.8, 4) is 5.69 Å². The molecule has 0 saturated heterocycles. The molecule has 0 aliphatic carbocycles. The third kappa shape index (κ3) is 3.52. The molecule has 2 aromatic carbocycles. The van der Waals surface area contributed by atoms with Gasteiger partial charge >= 0.3 is 5.91 Å². The zero-order chi connectivity index (χ0) is 17.8. The minimum absolute atomic E-state index is 0.216. The van der Waals surface area contributed by atoms with Crippen molar-refractivity contribution in [1.29, 1.82) is 0 Å². The summed E-state index contributed by atoms with van der Waals surface area (Å²) in [5.74, 6) is -0.406. The van der Waals surface area contributed by atoms with Gasteiger partial charge in [-0.3, -0.25) is 4.79 Å². The fraction of sp³-hybridized carbons (Fsp3) is 0.0526. The van der Waals surface area contributed by atoms with E-state index in [4.69, 9.17) is 0 Å². The summed E-state index contributed by atoms with van der Waals surface area (Å²) in [5.41, 5.74) is 2.16. The first kappa shape index (κ1) is 16.2. The molecule has 0 atom stereocenters. The van der Waals surface area contributed by atoms with E-state index in [2.05, 4.69) is 15.2 Å². The Hall–Kier alpha value is -3.32. The van der Waals surface area contributed by atoms with Gasteiger partial charge in [0.25, 0.3) is 0 Å². The van der Waals surface area contributed by atoms with E-state index in [1.165, 1.54) is 22.3 Å². The van der Waals surface area contributed by atoms with Gasteiger partial charge in [0, 0.05) is 18.1 Å². The molecule has 0 bridgehead atoms. The molecule has 0 spiro atoms. The fourth-order valence-electron chi connectivity index (χ4n) is 2.48. The molecule has 0 saturated carbocycles. The van der Waals surface area contributed by atoms with E-state index in [-0.39, 0.29) is 5.69 Å². The summed E-state index contributed by atoms with van der Waals surface area (Å²) in [6.45, 7) is 0.660. The van der Waals surface area contributed by atoms with Crippen LogP contribution in [0.2, 0.25) is 0 Å². The second kappa shape index (κ2) is 7.28. The lowest BCUT2D eigenvalue weighted by Gasteiger charge is -2.02. The number of aromatic nitrogens is 4. The van der Waals surface area contributed by atoms with Crippen molar-refractivity contribution >= 4 is 17.2 Å². The topological polar surface area (TPSA) is 65.1 Å². The van der Waals surface area contributed by atoms with Crippen LogP contribution in [0.3, 0.4) is 0 Å². The second-order valence-corrected chi connectivity index (χ2v) is 6.44. The maximum Gasteiger partial charge on any atom is 0.301 e. The van der Waals surface area contributed by atoms with Gasteiger partial charge < -0.3 is 4.57 Å². The van der Waals surface area contributed by atoms with E-state index in [9.17, 15) is 4.79 Å². The summed E-state index contributed by atoms with van der Waals surface area (Å²) in [4.78, 5) is 18.7. The quantitative estimate of drug-likeness (QED) is 0.561. The summed E-state index contributed by atoms with van der Waals surface area (Å²) < 4.78 is 1.94. The van der Waals surface area contributed by atoms with Crippen molar-refractivity contribution in [2.75, 3.05) is 0 Å². The van der Waals surface area contributed by atoms with Crippen molar-refractivity contribution in [2.24, 2.45) is 4.99 Å². The number of rotatable bonds is 4. The van der Waals surface area contributed by atoms with Crippen molar-refractivity contribution in [2.45, 2.75) is 6.54 Å². The van der Waals surface area contributed by atoms with Crippen LogP contribution in [-0.2, 0) is 6.54 Å². The smallest absolute Gasteiger partial charge is 0.301 e. The highest BCUT2D eigenvalue weighted by Crippen LogP contribution is 2.06. The van der Waals surface area contributed by atoms with Crippen LogP contribution in [0.5, 0.6) is 0 Å². The lowest BCUT2D eigenvalue weighted by molar-refractivity contribution is 0.0992. The minimum atomic E-state index is -0.406. The van der Waals surface area contributed by atoms with E-state index in [1.807, 2.05) is 76.8 Å². The summed E-state index contributed by atoms with van der Waals surface area (Å²) >= 11 is 1.42. The van der Waals surface area contributed by atoms with Gasteiger partial charge in [-0.2, -0.15) is 14.9 Å². The molecule has 0 fully saturated rings. The number of hydrogen-bond acceptors (Lipinski definition) is 4. The van der Waals surface area contributed by atoms with Gasteiger partial charge in [0.05, 0.1) is 11.9 Å². The van der Waals surface area contributed by atoms with Gasteiger partial charge in [0.1, 0.15) is 0 Å². The predicted molar refractivity (Wildman–Crippen MR) is 99.1 cm³/mol. The van der Waals surface area contributed by atoms with Crippen LogP contribution >= 0.6 is 11.3 Å². The Bertz CT molecular complexity index is 1080. The highest BCUT2D eigenvalue weighted by Gasteiger charge is 2.11. The Morgan fingerprint density at radius 3 is 2.54 bits per heavy atom. The third-order valence-corrected chi connectivity index (χ3v) is 4.55. The average molecular weight is 361 g/mol. The molecule has 0 aliphatic heterocycles. The predicted octanol–water partition coefficient (Wildman–Crippen LogP) is 2.92. The van der Waals surface area contributed by atoms with Gasteiger partial charge in [-0.25, -0.2) is 0 Å². The number of nitrogens with zero attached hydrogens (tertiary/aromatic N) is 5. The first-order valence-electron chi connectivity index (χ1n) is 8.04. The van der Waals surface area contributed by atoms with Crippen molar-refractivity contribution in [3.63, 3.8) is 0 Å². The summed E-state index contributed by atoms with van der Waals surface area (Å²) in [6, 6.07) is 19.5. The molecule has 7 heteroatoms. The van der Waals surface area contributed by atoms with E-state index in [0.29, 0.717) is 11.3 Å². The number of amides is 1. The SMILES string of the molecule is O=C(N=c1sccn1Cc1ccccc1)c1cnn(-c2ccccc2)n1. The van der Waals surface area contributed by atoms with E-state index in [0.717, 1.165) is 11.3 Å². The monoisotopic (exact) mass is 361 g/mol. The third-order valence-electron chi connectivity index (χ3n) is 3.75. The van der Waals surface area contributed by atoms with Crippen LogP contribution in [0.25, 0.3) is 5.69 Å². The lowest BCUT2D eigenvalue weighted by atomic mass is 10.2. The molecule has 26 heavy (non-hydrogen) atoms. The van der Waals surface area contributed by atoms with Gasteiger partial charge in [-0.05, 0) is 17.7 Å². The highest BCUT2D eigenvalue weighted by atomic mass is 32.1. The van der Waals surface area contributed by atoms with Crippen LogP contribution in [0.15, 0.2) is 83.4 Å². The first-order chi connectivity index (χ1) is 12.8. The molecule has 2 heterocycles. The zero-order valence-corrected chi connectivity index (χ0v) is 14.6. The average Bonchev–Trinajstić information content (AvgIpc) is 3.34. The van der Waals surface area contributed by atoms with Crippen LogP contribution in [0.4, 0.5) is 0 Å². The number of thiazole rings is 1. The maximum absolute atomic E-state index is 12.5. The van der Waals surface area contributed by atoms with Gasteiger partial charge in [-0.1, -0.05) is 48.5 Å². The number of carbonyl (C=O) groups is 1. The molecule has 1 amide bonds. The second-order valence-electron chi connectivity index (χ2n) is 5.57. The molecular weight excluding hydrogens is 346 g/mol. The number of carbonyl (C=O) groups excluding carboxylic acids is 1. The fourth-order valence-corrected chi connectivity index (χ4v) is 3.20. The molecule has 0 unspecified atom stereocenters. The first-order valence-corrected chi connectivity index (χ1v) is 8.92. The van der Waals surface area contributed by atoms with Crippen LogP contribution in [0.1, 0.15) is 16.1 Å². The highest BCUT2D eigenvalue weighted by molar-refractivity contribution is 7.07. The standard InChI is InChI=1S/C19H15N5OS/c25-18(17-13-20-24(22-17)16-9-5-2-6-10-16)21-19-23(11-12-26-19)14-15-7-3-1-4-8-15/h1-13H,14H2. The Morgan fingerprint density at radius 2 is 1.77 bits per heavy atom. The van der Waals surface area contributed by atoms with Gasteiger partial charge in [0.15, 0.2) is 10.5 Å². The van der Waals surface area contributed by atoms with E-state index >= 15 is 0 Å². The number of para-hydroxylation sites is 1. The maximum atomic E-state index is 12.5. The van der Waals surface area contributed by atoms with E-state index < -0.39 is 5.91 Å². The largest absolute Gasteiger partial charge is 0.319 e. The molecular formula is C19H15N5OS. The molecule has 0 radical (unpaired) electrons. The molecule has 0 N–H and O–H groups in total. The zero-order valence-electron chi connectivity index (χ0n) is 13.8. The molecule has 4 rings (SSSR count). The van der Waals surface area contributed by atoms with Crippen LogP contribution in [0, 0.1) is 0 Å².